The van der Waals surface area contributed by atoms with Gasteiger partial charge in [0.2, 0.25) is 5.91 Å². The van der Waals surface area contributed by atoms with Crippen LogP contribution in [0.1, 0.15) is 11.3 Å². The molecule has 1 amide bonds. The van der Waals surface area contributed by atoms with E-state index >= 15 is 0 Å². The van der Waals surface area contributed by atoms with Crippen molar-refractivity contribution in [3.05, 3.63) is 22.4 Å². The van der Waals surface area contributed by atoms with Gasteiger partial charge in [0, 0.05) is 45.2 Å². The summed E-state index contributed by atoms with van der Waals surface area (Å²) in [7, 11) is -0.336. The molecule has 118 valence electrons. The molecule has 6 nitrogen and oxygen atoms in total. The van der Waals surface area contributed by atoms with Gasteiger partial charge in [0.05, 0.1) is 6.42 Å². The van der Waals surface area contributed by atoms with Crippen molar-refractivity contribution < 1.29 is 13.2 Å². The first-order valence-corrected chi connectivity index (χ1v) is 9.16. The lowest BCUT2D eigenvalue weighted by Gasteiger charge is -2.24. The first-order chi connectivity index (χ1) is 9.91. The summed E-state index contributed by atoms with van der Waals surface area (Å²) in [6.07, 6.45) is 1.07. The number of hydrogen-bond acceptors (Lipinski definition) is 4. The molecule has 0 bridgehead atoms. The van der Waals surface area contributed by atoms with Crippen molar-refractivity contribution in [3.63, 3.8) is 0 Å². The van der Waals surface area contributed by atoms with E-state index in [0.29, 0.717) is 39.0 Å². The van der Waals surface area contributed by atoms with Gasteiger partial charge in [0.15, 0.2) is 0 Å². The Labute approximate surface area is 130 Å². The molecule has 2 rings (SSSR count). The molecule has 1 aromatic heterocycles. The molecule has 0 atom stereocenters. The van der Waals surface area contributed by atoms with Gasteiger partial charge in [-0.25, -0.2) is 0 Å². The molecule has 1 aromatic rings. The van der Waals surface area contributed by atoms with E-state index in [1.165, 1.54) is 22.7 Å². The van der Waals surface area contributed by atoms with Gasteiger partial charge < -0.3 is 4.90 Å². The Balaban J connectivity index is 1.96. The number of carbonyl (C=O) groups excluding carboxylic acids is 1. The standard InChI is InChI=1S/C13H21N3O3S2/c1-14(2)21(18,19)16-7-4-6-15(8-9-16)13(17)11-12-5-3-10-20-12/h3,5,10H,4,6-9,11H2,1-2H3. The second kappa shape index (κ2) is 6.87. The van der Waals surface area contributed by atoms with Crippen molar-refractivity contribution in [2.75, 3.05) is 40.3 Å². The maximum Gasteiger partial charge on any atom is 0.281 e. The molecule has 1 aliphatic rings. The van der Waals surface area contributed by atoms with Crippen LogP contribution in [-0.4, -0.2) is 68.1 Å². The van der Waals surface area contributed by atoms with Crippen LogP contribution in [0, 0.1) is 0 Å². The highest BCUT2D eigenvalue weighted by molar-refractivity contribution is 7.86. The first-order valence-electron chi connectivity index (χ1n) is 6.89. The second-order valence-corrected chi connectivity index (χ2v) is 8.35. The van der Waals surface area contributed by atoms with E-state index in [2.05, 4.69) is 0 Å². The Bertz CT molecular complexity index is 569. The molecule has 0 aromatic carbocycles. The number of nitrogens with zero attached hydrogens (tertiary/aromatic N) is 3. The lowest BCUT2D eigenvalue weighted by Crippen LogP contribution is -2.42. The average molecular weight is 331 g/mol. The number of rotatable bonds is 4. The van der Waals surface area contributed by atoms with Gasteiger partial charge in [0.25, 0.3) is 10.2 Å². The minimum Gasteiger partial charge on any atom is -0.341 e. The molecule has 0 saturated carbocycles. The Kier molecular flexibility index (Phi) is 5.37. The van der Waals surface area contributed by atoms with Crippen molar-refractivity contribution >= 4 is 27.5 Å². The van der Waals surface area contributed by atoms with Crippen LogP contribution in [0.5, 0.6) is 0 Å². The van der Waals surface area contributed by atoms with Crippen LogP contribution in [0.25, 0.3) is 0 Å². The van der Waals surface area contributed by atoms with Crippen LogP contribution in [0.3, 0.4) is 0 Å². The molecule has 1 saturated heterocycles. The van der Waals surface area contributed by atoms with Crippen LogP contribution >= 0.6 is 11.3 Å². The van der Waals surface area contributed by atoms with Crippen LogP contribution < -0.4 is 0 Å². The third-order valence-corrected chi connectivity index (χ3v) is 6.32. The molecular weight excluding hydrogens is 310 g/mol. The Morgan fingerprint density at radius 3 is 2.67 bits per heavy atom. The summed E-state index contributed by atoms with van der Waals surface area (Å²) >= 11 is 1.57. The van der Waals surface area contributed by atoms with Crippen LogP contribution in [0.15, 0.2) is 17.5 Å². The largest absolute Gasteiger partial charge is 0.341 e. The van der Waals surface area contributed by atoms with Gasteiger partial charge in [-0.2, -0.15) is 17.0 Å². The monoisotopic (exact) mass is 331 g/mol. The fourth-order valence-corrected chi connectivity index (χ4v) is 4.11. The highest BCUT2D eigenvalue weighted by Gasteiger charge is 2.28. The lowest BCUT2D eigenvalue weighted by molar-refractivity contribution is -0.130. The molecule has 8 heteroatoms. The minimum atomic E-state index is -3.39. The van der Waals surface area contributed by atoms with E-state index < -0.39 is 10.2 Å². The summed E-state index contributed by atoms with van der Waals surface area (Å²) in [6, 6.07) is 3.88. The summed E-state index contributed by atoms with van der Waals surface area (Å²) in [5.74, 6) is 0.0709. The SMILES string of the molecule is CN(C)S(=O)(=O)N1CCCN(C(=O)Cc2cccs2)CC1. The maximum absolute atomic E-state index is 12.3. The molecule has 1 aliphatic heterocycles. The Hall–Kier alpha value is -0.960. The van der Waals surface area contributed by atoms with E-state index in [-0.39, 0.29) is 5.91 Å². The number of amides is 1. The summed E-state index contributed by atoms with van der Waals surface area (Å²) < 4.78 is 26.9. The minimum absolute atomic E-state index is 0.0709. The summed E-state index contributed by atoms with van der Waals surface area (Å²) in [5, 5.41) is 1.95. The van der Waals surface area contributed by atoms with Crippen molar-refractivity contribution in [1.82, 2.24) is 13.5 Å². The smallest absolute Gasteiger partial charge is 0.281 e. The maximum atomic E-state index is 12.3. The quantitative estimate of drug-likeness (QED) is 0.813. The molecule has 2 heterocycles. The van der Waals surface area contributed by atoms with Gasteiger partial charge in [-0.05, 0) is 17.9 Å². The van der Waals surface area contributed by atoms with Crippen molar-refractivity contribution in [2.45, 2.75) is 12.8 Å². The van der Waals surface area contributed by atoms with Gasteiger partial charge in [-0.3, -0.25) is 4.79 Å². The molecule has 0 spiro atoms. The fraction of sp³-hybridized carbons (Fsp3) is 0.615. The average Bonchev–Trinajstić information content (AvgIpc) is 2.79. The van der Waals surface area contributed by atoms with Gasteiger partial charge in [-0.15, -0.1) is 11.3 Å². The van der Waals surface area contributed by atoms with E-state index in [1.54, 1.807) is 16.2 Å². The molecule has 1 fully saturated rings. The topological polar surface area (TPSA) is 60.9 Å². The number of thiophene rings is 1. The fourth-order valence-electron chi connectivity index (χ4n) is 2.28. The molecule has 0 unspecified atom stereocenters. The third-order valence-electron chi connectivity index (χ3n) is 3.50. The normalized spacial score (nSPS) is 18.0. The van der Waals surface area contributed by atoms with E-state index in [9.17, 15) is 13.2 Å². The van der Waals surface area contributed by atoms with Crippen molar-refractivity contribution in [2.24, 2.45) is 0 Å². The summed E-state index contributed by atoms with van der Waals surface area (Å²) in [4.78, 5) is 15.1. The van der Waals surface area contributed by atoms with Crippen LogP contribution in [0.4, 0.5) is 0 Å². The predicted octanol–water partition coefficient (Wildman–Crippen LogP) is 0.631. The predicted molar refractivity (Wildman–Crippen MR) is 83.4 cm³/mol. The zero-order valence-corrected chi connectivity index (χ0v) is 14.0. The first kappa shape index (κ1) is 16.4. The number of carbonyl (C=O) groups is 1. The van der Waals surface area contributed by atoms with E-state index in [4.69, 9.17) is 0 Å². The van der Waals surface area contributed by atoms with Gasteiger partial charge in [-0.1, -0.05) is 6.07 Å². The number of hydrogen-bond donors (Lipinski definition) is 0. The third kappa shape index (κ3) is 4.03. The molecule has 0 aliphatic carbocycles. The molecule has 21 heavy (non-hydrogen) atoms. The van der Waals surface area contributed by atoms with Gasteiger partial charge >= 0.3 is 0 Å². The molecular formula is C13H21N3O3S2. The van der Waals surface area contributed by atoms with Crippen molar-refractivity contribution in [3.8, 4) is 0 Å². The summed E-state index contributed by atoms with van der Waals surface area (Å²) in [5.41, 5.74) is 0. The van der Waals surface area contributed by atoms with E-state index in [1.807, 2.05) is 17.5 Å². The van der Waals surface area contributed by atoms with Crippen LogP contribution in [-0.2, 0) is 21.4 Å². The highest BCUT2D eigenvalue weighted by Crippen LogP contribution is 2.14. The molecule has 0 N–H and O–H groups in total. The summed E-state index contributed by atoms with van der Waals surface area (Å²) in [6.45, 7) is 1.89. The Morgan fingerprint density at radius 2 is 2.05 bits per heavy atom. The molecule has 0 radical (unpaired) electrons. The second-order valence-electron chi connectivity index (χ2n) is 5.18. The van der Waals surface area contributed by atoms with E-state index in [0.717, 1.165) is 4.88 Å². The lowest BCUT2D eigenvalue weighted by atomic mass is 10.3. The van der Waals surface area contributed by atoms with Gasteiger partial charge in [0.1, 0.15) is 0 Å². The van der Waals surface area contributed by atoms with Crippen molar-refractivity contribution in [1.29, 1.82) is 0 Å². The van der Waals surface area contributed by atoms with Crippen LogP contribution in [0.2, 0.25) is 0 Å². The highest BCUT2D eigenvalue weighted by atomic mass is 32.2. The zero-order valence-electron chi connectivity index (χ0n) is 12.4. The zero-order chi connectivity index (χ0) is 15.5. The Morgan fingerprint density at radius 1 is 1.29 bits per heavy atom.